The smallest absolute Gasteiger partial charge is 0.127 e. The summed E-state index contributed by atoms with van der Waals surface area (Å²) in [4.78, 5) is 2.54. The molecule has 0 aliphatic carbocycles. The van der Waals surface area contributed by atoms with Crippen LogP contribution < -0.4 is 4.74 Å². The number of benzene rings is 1. The van der Waals surface area contributed by atoms with E-state index in [1.165, 1.54) is 37.9 Å². The quantitative estimate of drug-likeness (QED) is 0.891. The Morgan fingerprint density at radius 1 is 1.44 bits per heavy atom. The van der Waals surface area contributed by atoms with E-state index in [4.69, 9.17) is 4.74 Å². The molecule has 1 N–H and O–H groups in total. The lowest BCUT2D eigenvalue weighted by atomic mass is 10.0. The fraction of sp³-hybridized carbons (Fsp3) is 0.600. The third-order valence-corrected chi connectivity index (χ3v) is 4.21. The van der Waals surface area contributed by atoms with E-state index < -0.39 is 0 Å². The van der Waals surface area contributed by atoms with Gasteiger partial charge in [0.2, 0.25) is 0 Å². The van der Waals surface area contributed by atoms with Crippen LogP contribution in [0.4, 0.5) is 0 Å². The van der Waals surface area contributed by atoms with Crippen LogP contribution in [0, 0.1) is 5.92 Å². The molecule has 1 aromatic rings. The summed E-state index contributed by atoms with van der Waals surface area (Å²) in [7, 11) is 0. The van der Waals surface area contributed by atoms with E-state index in [0.717, 1.165) is 18.3 Å². The Kier molecular flexibility index (Phi) is 3.16. The van der Waals surface area contributed by atoms with Crippen LogP contribution in [0.2, 0.25) is 0 Å². The van der Waals surface area contributed by atoms with Crippen molar-refractivity contribution in [2.75, 3.05) is 19.7 Å². The number of phenols is 1. The molecular formula is C15H21NO2. The first-order chi connectivity index (χ1) is 8.78. The second-order valence-corrected chi connectivity index (χ2v) is 5.49. The van der Waals surface area contributed by atoms with E-state index in [0.29, 0.717) is 11.8 Å². The predicted molar refractivity (Wildman–Crippen MR) is 70.9 cm³/mol. The zero-order valence-electron chi connectivity index (χ0n) is 10.9. The molecular weight excluding hydrogens is 226 g/mol. The molecule has 3 nitrogen and oxygen atoms in total. The molecule has 1 saturated heterocycles. The highest BCUT2D eigenvalue weighted by molar-refractivity contribution is 5.44. The Bertz CT molecular complexity index is 433. The van der Waals surface area contributed by atoms with Gasteiger partial charge in [0.15, 0.2) is 0 Å². The van der Waals surface area contributed by atoms with Crippen molar-refractivity contribution in [2.24, 2.45) is 5.92 Å². The van der Waals surface area contributed by atoms with Crippen LogP contribution >= 0.6 is 0 Å². The topological polar surface area (TPSA) is 32.7 Å². The highest BCUT2D eigenvalue weighted by atomic mass is 16.5. The zero-order chi connectivity index (χ0) is 12.5. The van der Waals surface area contributed by atoms with Crippen molar-refractivity contribution in [3.63, 3.8) is 0 Å². The van der Waals surface area contributed by atoms with Gasteiger partial charge in [-0.25, -0.2) is 0 Å². The molecule has 0 amide bonds. The molecule has 0 radical (unpaired) electrons. The molecule has 2 heterocycles. The van der Waals surface area contributed by atoms with Gasteiger partial charge >= 0.3 is 0 Å². The number of ether oxygens (including phenoxy) is 1. The van der Waals surface area contributed by atoms with Crippen LogP contribution in [0.3, 0.4) is 0 Å². The Hall–Kier alpha value is -1.22. The average molecular weight is 247 g/mol. The van der Waals surface area contributed by atoms with Crippen LogP contribution in [-0.4, -0.2) is 29.7 Å². The van der Waals surface area contributed by atoms with Gasteiger partial charge in [0, 0.05) is 18.2 Å². The average Bonchev–Trinajstić information content (AvgIpc) is 2.95. The van der Waals surface area contributed by atoms with Gasteiger partial charge in [-0.05, 0) is 37.4 Å². The first kappa shape index (κ1) is 11.8. The summed E-state index contributed by atoms with van der Waals surface area (Å²) in [6.07, 6.45) is 3.94. The zero-order valence-corrected chi connectivity index (χ0v) is 10.9. The summed E-state index contributed by atoms with van der Waals surface area (Å²) in [5.74, 6) is 2.01. The monoisotopic (exact) mass is 247 g/mol. The Morgan fingerprint density at radius 3 is 3.17 bits per heavy atom. The summed E-state index contributed by atoms with van der Waals surface area (Å²) >= 11 is 0. The number of nitrogens with zero attached hydrogens (tertiary/aromatic N) is 1. The predicted octanol–water partition coefficient (Wildman–Crippen LogP) is 2.95. The first-order valence-electron chi connectivity index (χ1n) is 6.97. The summed E-state index contributed by atoms with van der Waals surface area (Å²) in [6, 6.07) is 5.90. The summed E-state index contributed by atoms with van der Waals surface area (Å²) in [5, 5.41) is 9.47. The SMILES string of the molecule is CCCC1CCN(C2COc3cc(O)ccc32)C1. The molecule has 0 saturated carbocycles. The van der Waals surface area contributed by atoms with Gasteiger partial charge in [-0.2, -0.15) is 0 Å². The number of phenolic OH excluding ortho intramolecular Hbond substituents is 1. The highest BCUT2D eigenvalue weighted by Gasteiger charge is 2.34. The second kappa shape index (κ2) is 4.81. The minimum absolute atomic E-state index is 0.291. The lowest BCUT2D eigenvalue weighted by Gasteiger charge is -2.22. The molecule has 2 unspecified atom stereocenters. The van der Waals surface area contributed by atoms with Crippen molar-refractivity contribution >= 4 is 0 Å². The van der Waals surface area contributed by atoms with Gasteiger partial charge in [0.25, 0.3) is 0 Å². The van der Waals surface area contributed by atoms with Crippen molar-refractivity contribution in [1.29, 1.82) is 0 Å². The molecule has 3 heteroatoms. The van der Waals surface area contributed by atoms with E-state index in [1.807, 2.05) is 6.07 Å². The Morgan fingerprint density at radius 2 is 2.33 bits per heavy atom. The molecule has 18 heavy (non-hydrogen) atoms. The second-order valence-electron chi connectivity index (χ2n) is 5.49. The third-order valence-electron chi connectivity index (χ3n) is 4.21. The molecule has 2 aliphatic heterocycles. The number of hydrogen-bond acceptors (Lipinski definition) is 3. The molecule has 1 fully saturated rings. The standard InChI is InChI=1S/C15H21NO2/c1-2-3-11-6-7-16(9-11)14-10-18-15-8-12(17)4-5-13(14)15/h4-5,8,11,14,17H,2-3,6-7,9-10H2,1H3. The van der Waals surface area contributed by atoms with Crippen LogP contribution in [-0.2, 0) is 0 Å². The maximum Gasteiger partial charge on any atom is 0.127 e. The van der Waals surface area contributed by atoms with Crippen LogP contribution in [0.5, 0.6) is 11.5 Å². The minimum atomic E-state index is 0.291. The van der Waals surface area contributed by atoms with E-state index >= 15 is 0 Å². The Balaban J connectivity index is 1.73. The van der Waals surface area contributed by atoms with Crippen molar-refractivity contribution in [3.8, 4) is 11.5 Å². The summed E-state index contributed by atoms with van der Waals surface area (Å²) < 4.78 is 5.70. The fourth-order valence-corrected chi connectivity index (χ4v) is 3.27. The fourth-order valence-electron chi connectivity index (χ4n) is 3.27. The number of likely N-dealkylation sites (tertiary alicyclic amines) is 1. The summed E-state index contributed by atoms with van der Waals surface area (Å²) in [5.41, 5.74) is 1.24. The normalized spacial score (nSPS) is 27.2. The van der Waals surface area contributed by atoms with E-state index in [9.17, 15) is 5.11 Å². The van der Waals surface area contributed by atoms with Crippen molar-refractivity contribution in [3.05, 3.63) is 23.8 Å². The van der Waals surface area contributed by atoms with E-state index in [-0.39, 0.29) is 0 Å². The van der Waals surface area contributed by atoms with Crippen LogP contribution in [0.1, 0.15) is 37.8 Å². The number of fused-ring (bicyclic) bond motifs is 1. The van der Waals surface area contributed by atoms with Crippen molar-refractivity contribution in [1.82, 2.24) is 4.90 Å². The van der Waals surface area contributed by atoms with Gasteiger partial charge in [-0.15, -0.1) is 0 Å². The lowest BCUT2D eigenvalue weighted by molar-refractivity contribution is 0.189. The highest BCUT2D eigenvalue weighted by Crippen LogP contribution is 2.40. The van der Waals surface area contributed by atoms with Gasteiger partial charge < -0.3 is 9.84 Å². The third kappa shape index (κ3) is 2.07. The van der Waals surface area contributed by atoms with Gasteiger partial charge in [0.1, 0.15) is 18.1 Å². The molecule has 2 atom stereocenters. The van der Waals surface area contributed by atoms with Gasteiger partial charge in [-0.3, -0.25) is 4.90 Å². The molecule has 1 aromatic carbocycles. The molecule has 98 valence electrons. The number of aromatic hydroxyl groups is 1. The van der Waals surface area contributed by atoms with Crippen LogP contribution in [0.25, 0.3) is 0 Å². The molecule has 0 aromatic heterocycles. The number of hydrogen-bond donors (Lipinski definition) is 1. The maximum absolute atomic E-state index is 9.47. The molecule has 3 rings (SSSR count). The molecule has 0 spiro atoms. The maximum atomic E-state index is 9.47. The van der Waals surface area contributed by atoms with Crippen molar-refractivity contribution < 1.29 is 9.84 Å². The van der Waals surface area contributed by atoms with Crippen molar-refractivity contribution in [2.45, 2.75) is 32.2 Å². The lowest BCUT2D eigenvalue weighted by Crippen LogP contribution is -2.27. The first-order valence-corrected chi connectivity index (χ1v) is 6.97. The van der Waals surface area contributed by atoms with Crippen LogP contribution in [0.15, 0.2) is 18.2 Å². The molecule has 2 aliphatic rings. The minimum Gasteiger partial charge on any atom is -0.508 e. The number of rotatable bonds is 3. The van der Waals surface area contributed by atoms with Gasteiger partial charge in [0.05, 0.1) is 6.04 Å². The van der Waals surface area contributed by atoms with Gasteiger partial charge in [-0.1, -0.05) is 13.3 Å². The molecule has 0 bridgehead atoms. The summed E-state index contributed by atoms with van der Waals surface area (Å²) in [6.45, 7) is 5.37. The van der Waals surface area contributed by atoms with E-state index in [2.05, 4.69) is 11.8 Å². The van der Waals surface area contributed by atoms with E-state index in [1.54, 1.807) is 12.1 Å². The largest absolute Gasteiger partial charge is 0.508 e. The Labute approximate surface area is 108 Å².